The van der Waals surface area contributed by atoms with E-state index in [4.69, 9.17) is 4.74 Å². The van der Waals surface area contributed by atoms with Crippen LogP contribution in [-0.4, -0.2) is 13.1 Å². The van der Waals surface area contributed by atoms with Crippen LogP contribution < -0.4 is 5.32 Å². The first-order valence-corrected chi connectivity index (χ1v) is 6.86. The van der Waals surface area contributed by atoms with Crippen molar-refractivity contribution in [3.8, 4) is 0 Å². The van der Waals surface area contributed by atoms with Crippen LogP contribution in [0.4, 0.5) is 10.1 Å². The van der Waals surface area contributed by atoms with Gasteiger partial charge in [-0.05, 0) is 42.2 Å². The molecule has 2 aromatic carbocycles. The van der Waals surface area contributed by atoms with E-state index in [1.807, 2.05) is 24.3 Å². The number of benzene rings is 2. The molecule has 0 saturated carbocycles. The molecule has 1 unspecified atom stereocenters. The number of halogens is 1. The predicted molar refractivity (Wildman–Crippen MR) is 78.5 cm³/mol. The Balaban J connectivity index is 2.06. The maximum absolute atomic E-state index is 13.4. The Bertz CT molecular complexity index is 686. The SMILES string of the molecule is COC(=O)C1(Nc2cccc(F)c2)CCc2ccccc21. The molecule has 1 aliphatic carbocycles. The lowest BCUT2D eigenvalue weighted by Crippen LogP contribution is -2.42. The van der Waals surface area contributed by atoms with E-state index in [1.165, 1.54) is 19.2 Å². The number of methoxy groups -OCH3 is 1. The molecule has 2 aromatic rings. The molecule has 0 radical (unpaired) electrons. The van der Waals surface area contributed by atoms with Crippen molar-refractivity contribution in [1.29, 1.82) is 0 Å². The van der Waals surface area contributed by atoms with E-state index in [1.54, 1.807) is 12.1 Å². The molecule has 0 fully saturated rings. The van der Waals surface area contributed by atoms with Crippen molar-refractivity contribution in [2.24, 2.45) is 0 Å². The summed E-state index contributed by atoms with van der Waals surface area (Å²) in [5.41, 5.74) is 1.64. The maximum Gasteiger partial charge on any atom is 0.336 e. The fourth-order valence-corrected chi connectivity index (χ4v) is 2.99. The Labute approximate surface area is 122 Å². The maximum atomic E-state index is 13.4. The lowest BCUT2D eigenvalue weighted by Gasteiger charge is -2.29. The number of ether oxygens (including phenoxy) is 1. The van der Waals surface area contributed by atoms with Gasteiger partial charge in [0.15, 0.2) is 5.54 Å². The molecule has 4 heteroatoms. The van der Waals surface area contributed by atoms with Crippen LogP contribution in [-0.2, 0) is 21.5 Å². The van der Waals surface area contributed by atoms with E-state index in [-0.39, 0.29) is 11.8 Å². The van der Waals surface area contributed by atoms with Crippen LogP contribution >= 0.6 is 0 Å². The van der Waals surface area contributed by atoms with Gasteiger partial charge in [0.2, 0.25) is 0 Å². The van der Waals surface area contributed by atoms with Crippen molar-refractivity contribution in [2.45, 2.75) is 18.4 Å². The van der Waals surface area contributed by atoms with Gasteiger partial charge in [0.05, 0.1) is 7.11 Å². The van der Waals surface area contributed by atoms with Crippen LogP contribution in [0.3, 0.4) is 0 Å². The van der Waals surface area contributed by atoms with E-state index in [0.717, 1.165) is 17.5 Å². The van der Waals surface area contributed by atoms with Gasteiger partial charge < -0.3 is 10.1 Å². The summed E-state index contributed by atoms with van der Waals surface area (Å²) in [5, 5.41) is 3.19. The molecule has 21 heavy (non-hydrogen) atoms. The Kier molecular flexibility index (Phi) is 3.37. The molecule has 3 rings (SSSR count). The number of rotatable bonds is 3. The molecule has 3 nitrogen and oxygen atoms in total. The number of hydrogen-bond donors (Lipinski definition) is 1. The van der Waals surface area contributed by atoms with Crippen LogP contribution in [0.5, 0.6) is 0 Å². The van der Waals surface area contributed by atoms with Crippen molar-refractivity contribution in [2.75, 3.05) is 12.4 Å². The third-order valence-corrected chi connectivity index (χ3v) is 3.96. The van der Waals surface area contributed by atoms with Crippen LogP contribution in [0.1, 0.15) is 17.5 Å². The highest BCUT2D eigenvalue weighted by molar-refractivity contribution is 5.87. The highest BCUT2D eigenvalue weighted by Crippen LogP contribution is 2.40. The largest absolute Gasteiger partial charge is 0.467 e. The summed E-state index contributed by atoms with van der Waals surface area (Å²) in [6.07, 6.45) is 1.38. The Morgan fingerprint density at radius 1 is 1.24 bits per heavy atom. The molecule has 0 bridgehead atoms. The number of esters is 1. The lowest BCUT2D eigenvalue weighted by molar-refractivity contribution is -0.146. The number of fused-ring (bicyclic) bond motifs is 1. The molecule has 0 aromatic heterocycles. The van der Waals surface area contributed by atoms with Crippen molar-refractivity contribution in [3.05, 3.63) is 65.5 Å². The first kappa shape index (κ1) is 13.6. The minimum Gasteiger partial charge on any atom is -0.467 e. The molecule has 108 valence electrons. The van der Waals surface area contributed by atoms with Crippen molar-refractivity contribution < 1.29 is 13.9 Å². The lowest BCUT2D eigenvalue weighted by atomic mass is 9.91. The number of hydrogen-bond acceptors (Lipinski definition) is 3. The number of carbonyl (C=O) groups is 1. The van der Waals surface area contributed by atoms with Gasteiger partial charge in [-0.2, -0.15) is 0 Å². The summed E-state index contributed by atoms with van der Waals surface area (Å²) in [5.74, 6) is -0.692. The number of anilines is 1. The second-order valence-corrected chi connectivity index (χ2v) is 5.19. The van der Waals surface area contributed by atoms with E-state index in [2.05, 4.69) is 5.32 Å². The van der Waals surface area contributed by atoms with Gasteiger partial charge in [-0.3, -0.25) is 0 Å². The minimum atomic E-state index is -0.945. The average molecular weight is 285 g/mol. The van der Waals surface area contributed by atoms with Crippen LogP contribution in [0.25, 0.3) is 0 Å². The third-order valence-electron chi connectivity index (χ3n) is 3.96. The highest BCUT2D eigenvalue weighted by atomic mass is 19.1. The number of nitrogens with one attached hydrogen (secondary N) is 1. The van der Waals surface area contributed by atoms with E-state index < -0.39 is 5.54 Å². The fraction of sp³-hybridized carbons (Fsp3) is 0.235. The molecule has 0 aliphatic heterocycles. The summed E-state index contributed by atoms with van der Waals surface area (Å²) in [6, 6.07) is 13.9. The fourth-order valence-electron chi connectivity index (χ4n) is 2.99. The molecule has 1 N–H and O–H groups in total. The topological polar surface area (TPSA) is 38.3 Å². The predicted octanol–water partition coefficient (Wildman–Crippen LogP) is 3.25. The van der Waals surface area contributed by atoms with Crippen LogP contribution in [0.15, 0.2) is 48.5 Å². The first-order valence-electron chi connectivity index (χ1n) is 6.86. The average Bonchev–Trinajstić information content (AvgIpc) is 2.87. The highest BCUT2D eigenvalue weighted by Gasteiger charge is 2.46. The second kappa shape index (κ2) is 5.20. The molecule has 0 spiro atoms. The zero-order chi connectivity index (χ0) is 14.9. The van der Waals surface area contributed by atoms with Crippen LogP contribution in [0.2, 0.25) is 0 Å². The normalized spacial score (nSPS) is 19.9. The van der Waals surface area contributed by atoms with Gasteiger partial charge in [0.1, 0.15) is 5.82 Å². The molecule has 0 saturated heterocycles. The van der Waals surface area contributed by atoms with Gasteiger partial charge in [-0.25, -0.2) is 9.18 Å². The van der Waals surface area contributed by atoms with Crippen molar-refractivity contribution >= 4 is 11.7 Å². The van der Waals surface area contributed by atoms with E-state index >= 15 is 0 Å². The monoisotopic (exact) mass is 285 g/mol. The van der Waals surface area contributed by atoms with Gasteiger partial charge in [0.25, 0.3) is 0 Å². The standard InChI is InChI=1S/C17H16FNO2/c1-21-16(20)17(19-14-7-4-6-13(18)11-14)10-9-12-5-2-3-8-15(12)17/h2-8,11,19H,9-10H2,1H3. The Morgan fingerprint density at radius 3 is 2.81 bits per heavy atom. The Morgan fingerprint density at radius 2 is 2.05 bits per heavy atom. The van der Waals surface area contributed by atoms with Gasteiger partial charge >= 0.3 is 5.97 Å². The number of aryl methyl sites for hydroxylation is 1. The second-order valence-electron chi connectivity index (χ2n) is 5.19. The van der Waals surface area contributed by atoms with Gasteiger partial charge in [-0.15, -0.1) is 0 Å². The zero-order valence-electron chi connectivity index (χ0n) is 11.7. The zero-order valence-corrected chi connectivity index (χ0v) is 11.7. The molecule has 1 atom stereocenters. The summed E-state index contributed by atoms with van der Waals surface area (Å²) < 4.78 is 18.4. The van der Waals surface area contributed by atoms with Crippen molar-refractivity contribution in [3.63, 3.8) is 0 Å². The third kappa shape index (κ3) is 2.27. The summed E-state index contributed by atoms with van der Waals surface area (Å²) in [7, 11) is 1.37. The Hall–Kier alpha value is -2.36. The summed E-state index contributed by atoms with van der Waals surface area (Å²) in [4.78, 5) is 12.4. The summed E-state index contributed by atoms with van der Waals surface area (Å²) in [6.45, 7) is 0. The smallest absolute Gasteiger partial charge is 0.336 e. The molecule has 0 heterocycles. The first-order chi connectivity index (χ1) is 10.2. The quantitative estimate of drug-likeness (QED) is 0.880. The molecular formula is C17H16FNO2. The molecule has 1 aliphatic rings. The molecule has 0 amide bonds. The van der Waals surface area contributed by atoms with Crippen LogP contribution in [0, 0.1) is 5.82 Å². The molecular weight excluding hydrogens is 269 g/mol. The number of carbonyl (C=O) groups excluding carboxylic acids is 1. The summed E-state index contributed by atoms with van der Waals surface area (Å²) >= 11 is 0. The van der Waals surface area contributed by atoms with Gasteiger partial charge in [0, 0.05) is 5.69 Å². The van der Waals surface area contributed by atoms with Gasteiger partial charge in [-0.1, -0.05) is 30.3 Å². The van der Waals surface area contributed by atoms with E-state index in [9.17, 15) is 9.18 Å². The minimum absolute atomic E-state index is 0.341. The van der Waals surface area contributed by atoms with E-state index in [0.29, 0.717) is 12.1 Å². The van der Waals surface area contributed by atoms with Crippen molar-refractivity contribution in [1.82, 2.24) is 0 Å².